The highest BCUT2D eigenvalue weighted by Gasteiger charge is 2.46. The molecule has 0 aliphatic carbocycles. The van der Waals surface area contributed by atoms with Crippen LogP contribution in [-0.4, -0.2) is 146 Å². The average Bonchev–Trinajstić information content (AvgIpc) is 3.43. The number of rotatable bonds is 21. The van der Waals surface area contributed by atoms with Gasteiger partial charge in [-0.25, -0.2) is 4.67 Å². The molecule has 2 aliphatic heterocycles. The minimum Gasteiger partial charge on any atom is -0.394 e. The first kappa shape index (κ1) is 43.6. The van der Waals surface area contributed by atoms with Crippen molar-refractivity contribution in [1.29, 1.82) is 10.5 Å². The number of hydrogen-bond donors (Lipinski definition) is 2. The molecule has 0 bridgehead atoms. The van der Waals surface area contributed by atoms with Crippen molar-refractivity contribution in [2.45, 2.75) is 75.5 Å². The van der Waals surface area contributed by atoms with E-state index in [-0.39, 0.29) is 88.3 Å². The normalized spacial score (nSPS) is 28.5. The Morgan fingerprint density at radius 1 is 0.795 bits per heavy atom. The lowest BCUT2D eigenvalue weighted by Crippen LogP contribution is -2.38. The van der Waals surface area contributed by atoms with Crippen LogP contribution in [0.3, 0.4) is 0 Å². The molecule has 2 N–H and O–H groups in total. The second-order valence-corrected chi connectivity index (χ2v) is 11.4. The second kappa shape index (κ2) is 26.6. The van der Waals surface area contributed by atoms with E-state index in [1.54, 1.807) is 21.1 Å². The summed E-state index contributed by atoms with van der Waals surface area (Å²) in [6.07, 6.45) is -2.76. The van der Waals surface area contributed by atoms with Crippen LogP contribution < -0.4 is 0 Å². The van der Waals surface area contributed by atoms with Crippen LogP contribution in [0, 0.1) is 22.7 Å². The van der Waals surface area contributed by atoms with Crippen LogP contribution in [0.5, 0.6) is 0 Å². The van der Waals surface area contributed by atoms with Gasteiger partial charge in [0.2, 0.25) is 0 Å². The van der Waals surface area contributed by atoms with Crippen molar-refractivity contribution in [3.63, 3.8) is 0 Å². The lowest BCUT2D eigenvalue weighted by Gasteiger charge is -2.29. The Morgan fingerprint density at radius 3 is 1.77 bits per heavy atom. The summed E-state index contributed by atoms with van der Waals surface area (Å²) in [5, 5.41) is 35.4. The number of halogens is 1. The molecule has 44 heavy (non-hydrogen) atoms. The molecule has 3 unspecified atom stereocenters. The third-order valence-electron chi connectivity index (χ3n) is 6.05. The average molecular weight is 770 g/mol. The largest absolute Gasteiger partial charge is 0.394 e. The molecule has 18 heteroatoms. The van der Waals surface area contributed by atoms with Gasteiger partial charge in [-0.1, -0.05) is 0 Å². The van der Waals surface area contributed by atoms with Crippen LogP contribution in [0.25, 0.3) is 0 Å². The number of aliphatic hydroxyl groups is 2. The smallest absolute Gasteiger partial charge is 0.258 e. The van der Waals surface area contributed by atoms with Crippen molar-refractivity contribution in [2.24, 2.45) is 0 Å². The van der Waals surface area contributed by atoms with Crippen LogP contribution >= 0.6 is 32.5 Å². The van der Waals surface area contributed by atoms with E-state index in [9.17, 15) is 5.11 Å². The van der Waals surface area contributed by atoms with Crippen molar-refractivity contribution >= 4 is 32.5 Å². The molecule has 2 aliphatic rings. The van der Waals surface area contributed by atoms with Gasteiger partial charge in [0.1, 0.15) is 63.8 Å². The number of ether oxygens (including phenoxy) is 9. The molecule has 0 aromatic carbocycles. The molecule has 2 saturated heterocycles. The summed E-state index contributed by atoms with van der Waals surface area (Å²) in [6.45, 7) is 4.57. The molecule has 2 fully saturated rings. The first-order valence-electron chi connectivity index (χ1n) is 13.8. The predicted octanol–water partition coefficient (Wildman–Crippen LogP) is 1.48. The van der Waals surface area contributed by atoms with Gasteiger partial charge in [0.15, 0.2) is 0 Å². The highest BCUT2D eigenvalue weighted by Crippen LogP contribution is 2.44. The monoisotopic (exact) mass is 769 g/mol. The fraction of sp³-hybridized carbons (Fsp3) is 0.923. The summed E-state index contributed by atoms with van der Waals surface area (Å²) in [5.41, 5.74) is 0. The molecular formula is C26H49IN3O13P. The molecule has 258 valence electrons. The van der Waals surface area contributed by atoms with Gasteiger partial charge in [-0.3, -0.25) is 0 Å². The molecule has 9 atom stereocenters. The summed E-state index contributed by atoms with van der Waals surface area (Å²) in [6, 6.07) is 3.93. The minimum absolute atomic E-state index is 0. The Hall–Kier alpha value is -0.420. The Labute approximate surface area is 278 Å². The van der Waals surface area contributed by atoms with E-state index in [0.29, 0.717) is 32.7 Å². The maximum atomic E-state index is 9.76. The van der Waals surface area contributed by atoms with Gasteiger partial charge < -0.3 is 61.9 Å². The molecule has 0 aromatic rings. The SMILES string of the molecule is COC[C@H]1O[C@@H](C)[C@@H](OCOCOCCC#N)C1OP(OC)N(C)C.C[C@@H]1O[C@H](CO)C(O)[C@@H]1OCOCOCCC#N.I. The molecular weight excluding hydrogens is 720 g/mol. The Morgan fingerprint density at radius 2 is 1.32 bits per heavy atom. The lowest BCUT2D eigenvalue weighted by molar-refractivity contribution is -0.166. The van der Waals surface area contributed by atoms with Crippen molar-refractivity contribution in [3.05, 3.63) is 0 Å². The molecule has 16 nitrogen and oxygen atoms in total. The van der Waals surface area contributed by atoms with Crippen molar-refractivity contribution in [3.8, 4) is 12.1 Å². The topological polar surface area (TPSA) is 193 Å². The Kier molecular flexibility index (Phi) is 26.4. The summed E-state index contributed by atoms with van der Waals surface area (Å²) in [5.74, 6) is 0. The van der Waals surface area contributed by atoms with Crippen molar-refractivity contribution in [1.82, 2.24) is 4.67 Å². The zero-order valence-corrected chi connectivity index (χ0v) is 29.5. The fourth-order valence-electron chi connectivity index (χ4n) is 4.07. The first-order valence-corrected chi connectivity index (χ1v) is 14.9. The van der Waals surface area contributed by atoms with Gasteiger partial charge in [0.05, 0.1) is 63.6 Å². The van der Waals surface area contributed by atoms with Gasteiger partial charge in [-0.2, -0.15) is 10.5 Å². The summed E-state index contributed by atoms with van der Waals surface area (Å²) in [4.78, 5) is 0. The molecule has 2 rings (SSSR count). The quantitative estimate of drug-likeness (QED) is 0.0738. The standard InChI is InChI=1S/C15H29N2O7P.C11H19NO6.HI/c1-12-14(22-11-21-10-20-8-6-7-16)15(13(23-12)9-18-4)24-25(19-5)17(2)3;1-8-11(10(14)9(5-13)18-8)17-7-16-6-15-4-2-3-12;/h12-15H,6,8-11H2,1-5H3;8-11,13-14H,2,4-7H2,1H3;1H/t12-,13+,14+,15?,25?;8-,9+,10?,11+;/m00./s1. The molecule has 0 radical (unpaired) electrons. The van der Waals surface area contributed by atoms with E-state index in [1.807, 2.05) is 37.8 Å². The van der Waals surface area contributed by atoms with Gasteiger partial charge in [-0.15, -0.1) is 24.0 Å². The summed E-state index contributed by atoms with van der Waals surface area (Å²) < 4.78 is 61.3. The van der Waals surface area contributed by atoms with Gasteiger partial charge in [-0.05, 0) is 27.9 Å². The minimum atomic E-state index is -1.22. The van der Waals surface area contributed by atoms with E-state index in [1.165, 1.54) is 0 Å². The van der Waals surface area contributed by atoms with Crippen molar-refractivity contribution in [2.75, 3.05) is 81.9 Å². The van der Waals surface area contributed by atoms with E-state index in [0.717, 1.165) is 0 Å². The van der Waals surface area contributed by atoms with Crippen LogP contribution in [-0.2, 0) is 51.7 Å². The summed E-state index contributed by atoms with van der Waals surface area (Å²) in [7, 11) is 5.78. The molecule has 2 heterocycles. The van der Waals surface area contributed by atoms with Crippen LogP contribution in [0.15, 0.2) is 0 Å². The van der Waals surface area contributed by atoms with Crippen molar-refractivity contribution < 1.29 is 61.9 Å². The molecule has 0 aromatic heterocycles. The van der Waals surface area contributed by atoms with E-state index < -0.39 is 26.8 Å². The number of nitrogens with zero attached hydrogens (tertiary/aromatic N) is 3. The van der Waals surface area contributed by atoms with E-state index >= 15 is 0 Å². The predicted molar refractivity (Wildman–Crippen MR) is 165 cm³/mol. The third-order valence-corrected chi connectivity index (χ3v) is 7.44. The zero-order valence-electron chi connectivity index (χ0n) is 26.3. The van der Waals surface area contributed by atoms with Gasteiger partial charge in [0.25, 0.3) is 8.53 Å². The number of nitriles is 2. The molecule has 0 amide bonds. The number of methoxy groups -OCH3 is 1. The van der Waals surface area contributed by atoms with E-state index in [2.05, 4.69) is 0 Å². The van der Waals surface area contributed by atoms with E-state index in [4.69, 9.17) is 67.3 Å². The maximum Gasteiger partial charge on any atom is 0.258 e. The lowest BCUT2D eigenvalue weighted by atomic mass is 10.1. The molecule has 0 saturated carbocycles. The van der Waals surface area contributed by atoms with Crippen LogP contribution in [0.1, 0.15) is 26.7 Å². The Bertz CT molecular complexity index is 797. The van der Waals surface area contributed by atoms with Crippen LogP contribution in [0.4, 0.5) is 0 Å². The Balaban J connectivity index is 0.000000863. The number of hydrogen-bond acceptors (Lipinski definition) is 16. The highest BCUT2D eigenvalue weighted by atomic mass is 127. The number of aliphatic hydroxyl groups excluding tert-OH is 2. The van der Waals surface area contributed by atoms with Gasteiger partial charge >= 0.3 is 0 Å². The molecule has 0 spiro atoms. The summed E-state index contributed by atoms with van der Waals surface area (Å²) >= 11 is 0. The third kappa shape index (κ3) is 16.4. The maximum absolute atomic E-state index is 9.76. The highest BCUT2D eigenvalue weighted by molar-refractivity contribution is 14.0. The second-order valence-electron chi connectivity index (χ2n) is 9.50. The van der Waals surface area contributed by atoms with Crippen LogP contribution in [0.2, 0.25) is 0 Å². The zero-order chi connectivity index (χ0) is 32.0. The first-order chi connectivity index (χ1) is 20.7. The van der Waals surface area contributed by atoms with Gasteiger partial charge in [0, 0.05) is 14.2 Å². The fourth-order valence-corrected chi connectivity index (χ4v) is 5.14.